The molecule has 4 heteroatoms. The molecule has 4 nitrogen and oxygen atoms in total. The highest BCUT2D eigenvalue weighted by molar-refractivity contribution is 5.38. The van der Waals surface area contributed by atoms with Gasteiger partial charge in [0.2, 0.25) is 5.89 Å². The molecule has 0 radical (unpaired) electrons. The highest BCUT2D eigenvalue weighted by Crippen LogP contribution is 2.52. The molecule has 1 aromatic heterocycles. The monoisotopic (exact) mass is 285 g/mol. The van der Waals surface area contributed by atoms with Crippen LogP contribution >= 0.6 is 0 Å². The number of nitrogens with zero attached hydrogens (tertiary/aromatic N) is 2. The summed E-state index contributed by atoms with van der Waals surface area (Å²) in [4.78, 5) is 4.67. The van der Waals surface area contributed by atoms with E-state index >= 15 is 0 Å². The molecule has 0 amide bonds. The molecule has 2 aromatic rings. The van der Waals surface area contributed by atoms with Crippen LogP contribution in [0.1, 0.15) is 44.0 Å². The van der Waals surface area contributed by atoms with Crippen molar-refractivity contribution in [3.05, 3.63) is 47.6 Å². The Kier molecular flexibility index (Phi) is 3.81. The summed E-state index contributed by atoms with van der Waals surface area (Å²) in [5.41, 5.74) is 1.29. The van der Waals surface area contributed by atoms with Gasteiger partial charge in [-0.05, 0) is 31.4 Å². The molecule has 1 saturated carbocycles. The number of rotatable bonds is 6. The number of nitrogens with one attached hydrogen (secondary N) is 1. The number of likely N-dealkylation sites (N-methyl/N-ethyl adjacent to an activating group) is 1. The van der Waals surface area contributed by atoms with Crippen molar-refractivity contribution in [2.45, 2.75) is 44.6 Å². The lowest BCUT2D eigenvalue weighted by atomic mass is 9.95. The minimum atomic E-state index is -0.00399. The third-order valence-corrected chi connectivity index (χ3v) is 4.54. The molecular weight excluding hydrogens is 262 g/mol. The number of aromatic nitrogens is 2. The van der Waals surface area contributed by atoms with E-state index in [1.807, 2.05) is 13.1 Å². The van der Waals surface area contributed by atoms with E-state index in [2.05, 4.69) is 53.6 Å². The van der Waals surface area contributed by atoms with Crippen molar-refractivity contribution >= 4 is 0 Å². The van der Waals surface area contributed by atoms with E-state index in [1.54, 1.807) is 0 Å². The normalized spacial score (nSPS) is 17.9. The van der Waals surface area contributed by atoms with Crippen LogP contribution in [0.15, 0.2) is 34.9 Å². The summed E-state index contributed by atoms with van der Waals surface area (Å²) in [5, 5.41) is 7.58. The van der Waals surface area contributed by atoms with Crippen molar-refractivity contribution in [1.29, 1.82) is 0 Å². The molecule has 0 bridgehead atoms. The molecule has 21 heavy (non-hydrogen) atoms. The average molecular weight is 285 g/mol. The first-order valence-corrected chi connectivity index (χ1v) is 7.71. The third kappa shape index (κ3) is 2.72. The Hall–Kier alpha value is -1.68. The average Bonchev–Trinajstić information content (AvgIpc) is 3.18. The van der Waals surface area contributed by atoms with Gasteiger partial charge in [-0.2, -0.15) is 4.98 Å². The van der Waals surface area contributed by atoms with Crippen LogP contribution in [0, 0.1) is 5.92 Å². The van der Waals surface area contributed by atoms with E-state index in [9.17, 15) is 0 Å². The van der Waals surface area contributed by atoms with E-state index < -0.39 is 0 Å². The smallest absolute Gasteiger partial charge is 0.228 e. The predicted octanol–water partition coefficient (Wildman–Crippen LogP) is 2.94. The quantitative estimate of drug-likeness (QED) is 0.886. The molecule has 1 aromatic carbocycles. The molecule has 1 heterocycles. The SMILES string of the molecule is CNC(Cc1nc(C2(c3ccccc3)CC2)no1)C(C)C. The van der Waals surface area contributed by atoms with Crippen molar-refractivity contribution < 1.29 is 4.52 Å². The molecule has 1 atom stereocenters. The molecule has 3 rings (SSSR count). The van der Waals surface area contributed by atoms with Gasteiger partial charge < -0.3 is 9.84 Å². The van der Waals surface area contributed by atoms with E-state index in [0.29, 0.717) is 12.0 Å². The maximum Gasteiger partial charge on any atom is 0.228 e. The van der Waals surface area contributed by atoms with Crippen LogP contribution in [0.3, 0.4) is 0 Å². The summed E-state index contributed by atoms with van der Waals surface area (Å²) >= 11 is 0. The zero-order valence-electron chi connectivity index (χ0n) is 13.0. The molecule has 1 unspecified atom stereocenters. The van der Waals surface area contributed by atoms with Crippen molar-refractivity contribution in [2.75, 3.05) is 7.05 Å². The fourth-order valence-corrected chi connectivity index (χ4v) is 2.91. The molecule has 1 aliphatic rings. The van der Waals surface area contributed by atoms with Gasteiger partial charge in [0.25, 0.3) is 0 Å². The molecule has 1 aliphatic carbocycles. The van der Waals surface area contributed by atoms with Crippen molar-refractivity contribution in [3.8, 4) is 0 Å². The van der Waals surface area contributed by atoms with Crippen molar-refractivity contribution in [1.82, 2.24) is 15.5 Å². The molecular formula is C17H23N3O. The highest BCUT2D eigenvalue weighted by Gasteiger charge is 2.49. The number of hydrogen-bond donors (Lipinski definition) is 1. The van der Waals surface area contributed by atoms with Gasteiger partial charge in [0.05, 0.1) is 5.41 Å². The van der Waals surface area contributed by atoms with Gasteiger partial charge in [-0.1, -0.05) is 49.3 Å². The van der Waals surface area contributed by atoms with Gasteiger partial charge in [0, 0.05) is 12.5 Å². The molecule has 0 spiro atoms. The minimum Gasteiger partial charge on any atom is -0.339 e. The Morgan fingerprint density at radius 2 is 1.95 bits per heavy atom. The van der Waals surface area contributed by atoms with Crippen LogP contribution in [0.4, 0.5) is 0 Å². The molecule has 1 N–H and O–H groups in total. The molecule has 112 valence electrons. The standard InChI is InChI=1S/C17H23N3O/c1-12(2)14(18-3)11-15-19-16(20-21-15)17(9-10-17)13-7-5-4-6-8-13/h4-8,12,14,18H,9-11H2,1-3H3. The first-order valence-electron chi connectivity index (χ1n) is 7.71. The largest absolute Gasteiger partial charge is 0.339 e. The van der Waals surface area contributed by atoms with Crippen LogP contribution < -0.4 is 5.32 Å². The summed E-state index contributed by atoms with van der Waals surface area (Å²) in [6.07, 6.45) is 3.00. The fourth-order valence-electron chi connectivity index (χ4n) is 2.91. The van der Waals surface area contributed by atoms with Gasteiger partial charge in [-0.15, -0.1) is 0 Å². The zero-order valence-corrected chi connectivity index (χ0v) is 13.0. The van der Waals surface area contributed by atoms with E-state index in [1.165, 1.54) is 5.56 Å². The Bertz CT molecular complexity index is 587. The van der Waals surface area contributed by atoms with Gasteiger partial charge in [0.1, 0.15) is 0 Å². The van der Waals surface area contributed by atoms with Crippen LogP contribution in [0.5, 0.6) is 0 Å². The molecule has 1 fully saturated rings. The van der Waals surface area contributed by atoms with Crippen molar-refractivity contribution in [2.24, 2.45) is 5.92 Å². The number of hydrogen-bond acceptors (Lipinski definition) is 4. The molecule has 0 saturated heterocycles. The lowest BCUT2D eigenvalue weighted by Crippen LogP contribution is -2.32. The second-order valence-electron chi connectivity index (χ2n) is 6.30. The Morgan fingerprint density at radius 3 is 2.52 bits per heavy atom. The Morgan fingerprint density at radius 1 is 1.24 bits per heavy atom. The fraction of sp³-hybridized carbons (Fsp3) is 0.529. The highest BCUT2D eigenvalue weighted by atomic mass is 16.5. The van der Waals surface area contributed by atoms with Crippen molar-refractivity contribution in [3.63, 3.8) is 0 Å². The summed E-state index contributed by atoms with van der Waals surface area (Å²) in [6.45, 7) is 4.40. The van der Waals surface area contributed by atoms with Gasteiger partial charge in [-0.3, -0.25) is 0 Å². The maximum absolute atomic E-state index is 5.49. The molecule has 0 aliphatic heterocycles. The second kappa shape index (κ2) is 5.60. The van der Waals surface area contributed by atoms with Gasteiger partial charge in [0.15, 0.2) is 5.82 Å². The first-order chi connectivity index (χ1) is 10.2. The van der Waals surface area contributed by atoms with Crippen LogP contribution in [-0.2, 0) is 11.8 Å². The first kappa shape index (κ1) is 14.3. The summed E-state index contributed by atoms with van der Waals surface area (Å²) in [6, 6.07) is 10.9. The van der Waals surface area contributed by atoms with Crippen LogP contribution in [-0.4, -0.2) is 23.2 Å². The summed E-state index contributed by atoms with van der Waals surface area (Å²) < 4.78 is 5.49. The lowest BCUT2D eigenvalue weighted by Gasteiger charge is -2.17. The topological polar surface area (TPSA) is 51.0 Å². The second-order valence-corrected chi connectivity index (χ2v) is 6.30. The Balaban J connectivity index is 1.79. The van der Waals surface area contributed by atoms with Crippen LogP contribution in [0.25, 0.3) is 0 Å². The predicted molar refractivity (Wildman–Crippen MR) is 82.1 cm³/mol. The number of benzene rings is 1. The third-order valence-electron chi connectivity index (χ3n) is 4.54. The minimum absolute atomic E-state index is 0.00399. The van der Waals surface area contributed by atoms with Gasteiger partial charge >= 0.3 is 0 Å². The van der Waals surface area contributed by atoms with E-state index in [0.717, 1.165) is 31.0 Å². The van der Waals surface area contributed by atoms with E-state index in [4.69, 9.17) is 4.52 Å². The Labute approximate surface area is 126 Å². The summed E-state index contributed by atoms with van der Waals surface area (Å²) in [5.74, 6) is 2.12. The van der Waals surface area contributed by atoms with Crippen LogP contribution in [0.2, 0.25) is 0 Å². The van der Waals surface area contributed by atoms with Gasteiger partial charge in [-0.25, -0.2) is 0 Å². The maximum atomic E-state index is 5.49. The summed E-state index contributed by atoms with van der Waals surface area (Å²) in [7, 11) is 1.98. The lowest BCUT2D eigenvalue weighted by molar-refractivity contribution is 0.332. The van der Waals surface area contributed by atoms with E-state index in [-0.39, 0.29) is 5.41 Å². The zero-order chi connectivity index (χ0) is 14.9.